The van der Waals surface area contributed by atoms with Crippen molar-refractivity contribution in [2.24, 2.45) is 0 Å². The zero-order valence-electron chi connectivity index (χ0n) is 9.21. The molecule has 0 saturated heterocycles. The summed E-state index contributed by atoms with van der Waals surface area (Å²) in [6, 6.07) is 0. The van der Waals surface area contributed by atoms with Crippen molar-refractivity contribution in [1.82, 2.24) is 4.90 Å². The second-order valence-corrected chi connectivity index (χ2v) is 3.11. The zero-order chi connectivity index (χ0) is 9.94. The molecule has 0 radical (unpaired) electrons. The first-order valence-corrected chi connectivity index (χ1v) is 5.15. The van der Waals surface area contributed by atoms with E-state index in [-0.39, 0.29) is 0 Å². The van der Waals surface area contributed by atoms with Crippen LogP contribution in [0.25, 0.3) is 0 Å². The fourth-order valence-corrected chi connectivity index (χ4v) is 1.08. The van der Waals surface area contributed by atoms with Gasteiger partial charge in [-0.15, -0.1) is 0 Å². The lowest BCUT2D eigenvalue weighted by Crippen LogP contribution is -2.24. The van der Waals surface area contributed by atoms with Crippen molar-refractivity contribution in [2.45, 2.75) is 20.3 Å². The van der Waals surface area contributed by atoms with Crippen LogP contribution in [0, 0.1) is 0 Å². The Labute approximate surface area is 82.0 Å². The van der Waals surface area contributed by atoms with Crippen LogP contribution in [-0.4, -0.2) is 51.5 Å². The summed E-state index contributed by atoms with van der Waals surface area (Å²) in [5.41, 5.74) is 0. The van der Waals surface area contributed by atoms with Crippen molar-refractivity contribution in [2.75, 3.05) is 46.6 Å². The number of nitrogens with zero attached hydrogens (tertiary/aromatic N) is 1. The van der Waals surface area contributed by atoms with Crippen molar-refractivity contribution in [3.05, 3.63) is 0 Å². The van der Waals surface area contributed by atoms with Crippen molar-refractivity contribution in [1.29, 1.82) is 0 Å². The number of ether oxygens (including phenoxy) is 2. The Balaban J connectivity index is 2.97. The Kier molecular flexibility index (Phi) is 9.87. The average Bonchev–Trinajstić information content (AvgIpc) is 2.11. The van der Waals surface area contributed by atoms with Crippen LogP contribution in [0.3, 0.4) is 0 Å². The molecule has 0 unspecified atom stereocenters. The third kappa shape index (κ3) is 9.80. The summed E-state index contributed by atoms with van der Waals surface area (Å²) in [6.45, 7) is 9.36. The van der Waals surface area contributed by atoms with E-state index >= 15 is 0 Å². The van der Waals surface area contributed by atoms with Crippen LogP contribution in [0.1, 0.15) is 20.3 Å². The maximum absolute atomic E-state index is 5.39. The van der Waals surface area contributed by atoms with Gasteiger partial charge in [-0.1, -0.05) is 6.92 Å². The van der Waals surface area contributed by atoms with Gasteiger partial charge in [-0.25, -0.2) is 0 Å². The molecule has 0 heterocycles. The molecule has 0 bridgehead atoms. The molecular formula is C10H23NO2. The summed E-state index contributed by atoms with van der Waals surface area (Å²) in [5, 5.41) is 0. The highest BCUT2D eigenvalue weighted by Crippen LogP contribution is 1.86. The summed E-state index contributed by atoms with van der Waals surface area (Å²) in [4.78, 5) is 2.28. The van der Waals surface area contributed by atoms with Gasteiger partial charge in [0.15, 0.2) is 0 Å². The van der Waals surface area contributed by atoms with Crippen LogP contribution in [0.4, 0.5) is 0 Å². The van der Waals surface area contributed by atoms with Crippen LogP contribution in [0.5, 0.6) is 0 Å². The van der Waals surface area contributed by atoms with Crippen LogP contribution in [0.15, 0.2) is 0 Å². The molecule has 0 aliphatic rings. The highest BCUT2D eigenvalue weighted by atomic mass is 16.5. The number of rotatable bonds is 9. The quantitative estimate of drug-likeness (QED) is 0.511. The standard InChI is InChI=1S/C10H23NO2/c1-4-6-11(3)7-8-13-10-9-12-5-2/h4-10H2,1-3H3. The maximum atomic E-state index is 5.39. The van der Waals surface area contributed by atoms with E-state index in [0.29, 0.717) is 13.2 Å². The molecule has 80 valence electrons. The topological polar surface area (TPSA) is 21.7 Å². The second-order valence-electron chi connectivity index (χ2n) is 3.11. The first-order chi connectivity index (χ1) is 6.31. The van der Waals surface area contributed by atoms with E-state index in [0.717, 1.165) is 26.3 Å². The molecule has 0 N–H and O–H groups in total. The third-order valence-corrected chi connectivity index (χ3v) is 1.80. The molecular weight excluding hydrogens is 166 g/mol. The van der Waals surface area contributed by atoms with Crippen molar-refractivity contribution >= 4 is 0 Å². The molecule has 0 aromatic rings. The van der Waals surface area contributed by atoms with Gasteiger partial charge in [-0.2, -0.15) is 0 Å². The molecule has 0 aliphatic heterocycles. The minimum Gasteiger partial charge on any atom is -0.379 e. The third-order valence-electron chi connectivity index (χ3n) is 1.80. The van der Waals surface area contributed by atoms with Gasteiger partial charge in [0.1, 0.15) is 0 Å². The van der Waals surface area contributed by atoms with Gasteiger partial charge in [0, 0.05) is 13.2 Å². The van der Waals surface area contributed by atoms with Gasteiger partial charge in [0.25, 0.3) is 0 Å². The maximum Gasteiger partial charge on any atom is 0.0701 e. The lowest BCUT2D eigenvalue weighted by Gasteiger charge is -2.14. The summed E-state index contributed by atoms with van der Waals surface area (Å²) in [6.07, 6.45) is 1.20. The first kappa shape index (κ1) is 12.9. The molecule has 0 saturated carbocycles. The van der Waals surface area contributed by atoms with E-state index in [1.54, 1.807) is 0 Å². The molecule has 0 aromatic carbocycles. The van der Waals surface area contributed by atoms with Crippen molar-refractivity contribution in [3.8, 4) is 0 Å². The smallest absolute Gasteiger partial charge is 0.0701 e. The molecule has 0 atom stereocenters. The van der Waals surface area contributed by atoms with E-state index < -0.39 is 0 Å². The minimum atomic E-state index is 0.716. The molecule has 3 nitrogen and oxygen atoms in total. The Morgan fingerprint density at radius 2 is 1.62 bits per heavy atom. The normalized spacial score (nSPS) is 11.1. The number of likely N-dealkylation sites (N-methyl/N-ethyl adjacent to an activating group) is 1. The van der Waals surface area contributed by atoms with Gasteiger partial charge in [-0.3, -0.25) is 0 Å². The van der Waals surface area contributed by atoms with Crippen molar-refractivity contribution in [3.63, 3.8) is 0 Å². The lowest BCUT2D eigenvalue weighted by molar-refractivity contribution is 0.0454. The molecule has 3 heteroatoms. The number of hydrogen-bond acceptors (Lipinski definition) is 3. The minimum absolute atomic E-state index is 0.716. The highest BCUT2D eigenvalue weighted by Gasteiger charge is 1.95. The summed E-state index contributed by atoms with van der Waals surface area (Å²) in [7, 11) is 2.12. The summed E-state index contributed by atoms with van der Waals surface area (Å²) in [5.74, 6) is 0. The van der Waals surface area contributed by atoms with Crippen LogP contribution in [0.2, 0.25) is 0 Å². The molecule has 0 spiro atoms. The van der Waals surface area contributed by atoms with Crippen molar-refractivity contribution < 1.29 is 9.47 Å². The van der Waals surface area contributed by atoms with Gasteiger partial charge >= 0.3 is 0 Å². The fourth-order valence-electron chi connectivity index (χ4n) is 1.08. The Morgan fingerprint density at radius 3 is 2.23 bits per heavy atom. The fraction of sp³-hybridized carbons (Fsp3) is 1.00. The zero-order valence-corrected chi connectivity index (χ0v) is 9.21. The van der Waals surface area contributed by atoms with Gasteiger partial charge in [0.05, 0.1) is 19.8 Å². The largest absolute Gasteiger partial charge is 0.379 e. The van der Waals surface area contributed by atoms with Gasteiger partial charge in [-0.05, 0) is 26.9 Å². The monoisotopic (exact) mass is 189 g/mol. The van der Waals surface area contributed by atoms with Crippen LogP contribution >= 0.6 is 0 Å². The van der Waals surface area contributed by atoms with Gasteiger partial charge in [0.2, 0.25) is 0 Å². The molecule has 13 heavy (non-hydrogen) atoms. The molecule has 0 aromatic heterocycles. The molecule has 0 amide bonds. The van der Waals surface area contributed by atoms with Crippen LogP contribution in [-0.2, 0) is 9.47 Å². The van der Waals surface area contributed by atoms with Gasteiger partial charge < -0.3 is 14.4 Å². The number of hydrogen-bond donors (Lipinski definition) is 0. The summed E-state index contributed by atoms with van der Waals surface area (Å²) < 4.78 is 10.5. The van der Waals surface area contributed by atoms with E-state index in [1.807, 2.05) is 6.92 Å². The Bertz CT molecular complexity index is 98.9. The molecule has 0 fully saturated rings. The first-order valence-electron chi connectivity index (χ1n) is 5.15. The van der Waals surface area contributed by atoms with E-state index in [9.17, 15) is 0 Å². The Hall–Kier alpha value is -0.120. The van der Waals surface area contributed by atoms with E-state index in [4.69, 9.17) is 9.47 Å². The molecule has 0 aliphatic carbocycles. The molecule has 0 rings (SSSR count). The predicted octanol–water partition coefficient (Wildman–Crippen LogP) is 1.38. The SMILES string of the molecule is CCCN(C)CCOCCOCC. The Morgan fingerprint density at radius 1 is 0.923 bits per heavy atom. The predicted molar refractivity (Wildman–Crippen MR) is 55.1 cm³/mol. The summed E-state index contributed by atoms with van der Waals surface area (Å²) >= 11 is 0. The van der Waals surface area contributed by atoms with E-state index in [2.05, 4.69) is 18.9 Å². The van der Waals surface area contributed by atoms with Crippen LogP contribution < -0.4 is 0 Å². The van der Waals surface area contributed by atoms with E-state index in [1.165, 1.54) is 6.42 Å². The average molecular weight is 189 g/mol. The second kappa shape index (κ2) is 9.96. The lowest BCUT2D eigenvalue weighted by atomic mass is 10.4. The highest BCUT2D eigenvalue weighted by molar-refractivity contribution is 4.47.